The van der Waals surface area contributed by atoms with Gasteiger partial charge in [0.05, 0.1) is 0 Å². The molecule has 0 aromatic heterocycles. The fourth-order valence-electron chi connectivity index (χ4n) is 1.91. The van der Waals surface area contributed by atoms with Crippen LogP contribution in [0.15, 0.2) is 60.7 Å². The molecule has 8 heteroatoms. The van der Waals surface area contributed by atoms with Gasteiger partial charge in [-0.25, -0.2) is 19.2 Å². The third kappa shape index (κ3) is 5.60. The molecule has 0 aliphatic heterocycles. The van der Waals surface area contributed by atoms with Crippen molar-refractivity contribution in [3.63, 3.8) is 0 Å². The zero-order valence-electron chi connectivity index (χ0n) is 13.1. The molecule has 2 aromatic rings. The summed E-state index contributed by atoms with van der Waals surface area (Å²) in [4.78, 5) is 43.6. The number of hydrogen-bond donors (Lipinski definition) is 2. The van der Waals surface area contributed by atoms with Crippen LogP contribution in [0.1, 0.15) is 0 Å². The first-order chi connectivity index (χ1) is 12.3. The van der Waals surface area contributed by atoms with Crippen molar-refractivity contribution < 1.29 is 38.9 Å². The second-order valence-electron chi connectivity index (χ2n) is 4.86. The van der Waals surface area contributed by atoms with Crippen molar-refractivity contribution in [3.8, 4) is 11.5 Å². The summed E-state index contributed by atoms with van der Waals surface area (Å²) in [5.74, 6) is -3.76. The van der Waals surface area contributed by atoms with Gasteiger partial charge in [-0.2, -0.15) is 0 Å². The normalized spacial score (nSPS) is 10.9. The lowest BCUT2D eigenvalue weighted by atomic mass is 10.1. The van der Waals surface area contributed by atoms with E-state index in [2.05, 4.69) is 0 Å². The van der Waals surface area contributed by atoms with E-state index in [0.29, 0.717) is 22.9 Å². The van der Waals surface area contributed by atoms with E-state index in [-0.39, 0.29) is 11.5 Å². The highest BCUT2D eigenvalue weighted by Gasteiger charge is 2.06. The van der Waals surface area contributed by atoms with Crippen molar-refractivity contribution in [2.24, 2.45) is 0 Å². The molecule has 0 saturated heterocycles. The standard InChI is InChI=1S/C18H12O8/c19-15(20)5-7-17(23)25-13-3-1-11-9-14(4-2-12(11)10-13)26-18(24)8-6-16(21)22/h1-10H,(H,19,20)(H,21,22)/b7-5+,8-6+. The number of hydrogen-bond acceptors (Lipinski definition) is 6. The second-order valence-corrected chi connectivity index (χ2v) is 4.86. The highest BCUT2D eigenvalue weighted by molar-refractivity contribution is 5.93. The number of carbonyl (C=O) groups excluding carboxylic acids is 2. The van der Waals surface area contributed by atoms with Crippen LogP contribution in [-0.2, 0) is 19.2 Å². The highest BCUT2D eigenvalue weighted by atomic mass is 16.5. The summed E-state index contributed by atoms with van der Waals surface area (Å²) in [7, 11) is 0. The Balaban J connectivity index is 2.12. The molecule has 0 amide bonds. The van der Waals surface area contributed by atoms with Gasteiger partial charge in [0.2, 0.25) is 0 Å². The molecule has 0 fully saturated rings. The fourth-order valence-corrected chi connectivity index (χ4v) is 1.91. The van der Waals surface area contributed by atoms with E-state index in [1.54, 1.807) is 24.3 Å². The Hall–Kier alpha value is -3.94. The third-order valence-electron chi connectivity index (χ3n) is 2.94. The molecule has 0 bridgehead atoms. The molecule has 0 aliphatic rings. The van der Waals surface area contributed by atoms with Gasteiger partial charge in [-0.05, 0) is 35.0 Å². The largest absolute Gasteiger partial charge is 0.478 e. The van der Waals surface area contributed by atoms with E-state index in [1.807, 2.05) is 0 Å². The summed E-state index contributed by atoms with van der Waals surface area (Å²) in [6.45, 7) is 0. The predicted molar refractivity (Wildman–Crippen MR) is 88.8 cm³/mol. The Bertz CT molecular complexity index is 862. The zero-order valence-corrected chi connectivity index (χ0v) is 13.1. The summed E-state index contributed by atoms with van der Waals surface area (Å²) in [5, 5.41) is 18.3. The fraction of sp³-hybridized carbons (Fsp3) is 0. The van der Waals surface area contributed by atoms with E-state index < -0.39 is 23.9 Å². The maximum absolute atomic E-state index is 11.5. The van der Waals surface area contributed by atoms with Crippen LogP contribution in [0.5, 0.6) is 11.5 Å². The molecule has 2 N–H and O–H groups in total. The first kappa shape index (κ1) is 18.4. The Labute approximate surface area is 146 Å². The van der Waals surface area contributed by atoms with Crippen molar-refractivity contribution in [1.29, 1.82) is 0 Å². The predicted octanol–water partition coefficient (Wildman–Crippen LogP) is 1.93. The monoisotopic (exact) mass is 356 g/mol. The van der Waals surface area contributed by atoms with Gasteiger partial charge in [0.25, 0.3) is 0 Å². The molecule has 0 aliphatic carbocycles. The highest BCUT2D eigenvalue weighted by Crippen LogP contribution is 2.25. The minimum Gasteiger partial charge on any atom is -0.478 e. The third-order valence-corrected chi connectivity index (χ3v) is 2.94. The van der Waals surface area contributed by atoms with Crippen molar-refractivity contribution in [3.05, 3.63) is 60.7 Å². The van der Waals surface area contributed by atoms with Gasteiger partial charge in [0.1, 0.15) is 11.5 Å². The number of aliphatic carboxylic acids is 2. The SMILES string of the molecule is O=C(O)/C=C/C(=O)Oc1ccc2cc(OC(=O)/C=C/C(=O)O)ccc2c1. The van der Waals surface area contributed by atoms with Crippen molar-refractivity contribution in [2.45, 2.75) is 0 Å². The van der Waals surface area contributed by atoms with Crippen LogP contribution in [0.25, 0.3) is 10.8 Å². The first-order valence-electron chi connectivity index (χ1n) is 7.13. The Morgan fingerprint density at radius 1 is 0.654 bits per heavy atom. The molecule has 0 radical (unpaired) electrons. The van der Waals surface area contributed by atoms with Gasteiger partial charge in [-0.3, -0.25) is 0 Å². The maximum atomic E-state index is 11.5. The molecule has 2 rings (SSSR count). The van der Waals surface area contributed by atoms with Crippen LogP contribution < -0.4 is 9.47 Å². The molecule has 0 unspecified atom stereocenters. The van der Waals surface area contributed by atoms with Gasteiger partial charge >= 0.3 is 23.9 Å². The van der Waals surface area contributed by atoms with E-state index >= 15 is 0 Å². The molecule has 0 spiro atoms. The topological polar surface area (TPSA) is 127 Å². The van der Waals surface area contributed by atoms with E-state index in [1.165, 1.54) is 12.1 Å². The van der Waals surface area contributed by atoms with Crippen LogP contribution in [0.3, 0.4) is 0 Å². The average molecular weight is 356 g/mol. The Morgan fingerprint density at radius 2 is 1.04 bits per heavy atom. The quantitative estimate of drug-likeness (QED) is 0.457. The number of fused-ring (bicyclic) bond motifs is 1. The zero-order chi connectivity index (χ0) is 19.1. The van der Waals surface area contributed by atoms with Crippen molar-refractivity contribution in [2.75, 3.05) is 0 Å². The van der Waals surface area contributed by atoms with Crippen LogP contribution >= 0.6 is 0 Å². The summed E-state index contributed by atoms with van der Waals surface area (Å²) in [6.07, 6.45) is 2.92. The molecular formula is C18H12O8. The van der Waals surface area contributed by atoms with E-state index in [0.717, 1.165) is 12.2 Å². The summed E-state index contributed by atoms with van der Waals surface area (Å²) in [5.41, 5.74) is 0. The lowest BCUT2D eigenvalue weighted by molar-refractivity contribution is -0.133. The molecule has 0 heterocycles. The minimum atomic E-state index is -1.26. The minimum absolute atomic E-state index is 0.215. The lowest BCUT2D eigenvalue weighted by Gasteiger charge is -2.06. The number of ether oxygens (including phenoxy) is 2. The number of benzene rings is 2. The lowest BCUT2D eigenvalue weighted by Crippen LogP contribution is -2.05. The number of carboxylic acid groups (broad SMARTS) is 2. The van der Waals surface area contributed by atoms with Gasteiger partial charge in [0, 0.05) is 24.3 Å². The van der Waals surface area contributed by atoms with Crippen LogP contribution in [-0.4, -0.2) is 34.1 Å². The van der Waals surface area contributed by atoms with E-state index in [4.69, 9.17) is 19.7 Å². The molecule has 0 saturated carbocycles. The number of carboxylic acids is 2. The van der Waals surface area contributed by atoms with Crippen LogP contribution in [0.4, 0.5) is 0 Å². The maximum Gasteiger partial charge on any atom is 0.336 e. The molecule has 8 nitrogen and oxygen atoms in total. The van der Waals surface area contributed by atoms with Crippen molar-refractivity contribution >= 4 is 34.6 Å². The van der Waals surface area contributed by atoms with E-state index in [9.17, 15) is 19.2 Å². The van der Waals surface area contributed by atoms with Gasteiger partial charge < -0.3 is 19.7 Å². The Morgan fingerprint density at radius 3 is 1.38 bits per heavy atom. The van der Waals surface area contributed by atoms with Crippen molar-refractivity contribution in [1.82, 2.24) is 0 Å². The van der Waals surface area contributed by atoms with Gasteiger partial charge in [-0.15, -0.1) is 0 Å². The van der Waals surface area contributed by atoms with Crippen LogP contribution in [0.2, 0.25) is 0 Å². The number of esters is 2. The van der Waals surface area contributed by atoms with Crippen LogP contribution in [0, 0.1) is 0 Å². The second kappa shape index (κ2) is 8.25. The van der Waals surface area contributed by atoms with Gasteiger partial charge in [0.15, 0.2) is 0 Å². The summed E-state index contributed by atoms with van der Waals surface area (Å²) >= 11 is 0. The van der Waals surface area contributed by atoms with Gasteiger partial charge in [-0.1, -0.05) is 12.1 Å². The smallest absolute Gasteiger partial charge is 0.336 e. The summed E-state index contributed by atoms with van der Waals surface area (Å²) < 4.78 is 9.97. The first-order valence-corrected chi connectivity index (χ1v) is 7.13. The molecular weight excluding hydrogens is 344 g/mol. The average Bonchev–Trinajstić information content (AvgIpc) is 2.58. The Kier molecular flexibility index (Phi) is 5.83. The molecule has 132 valence electrons. The molecule has 0 atom stereocenters. The number of rotatable bonds is 6. The summed E-state index contributed by atoms with van der Waals surface area (Å²) in [6, 6.07) is 9.32. The number of carbonyl (C=O) groups is 4. The molecule has 26 heavy (non-hydrogen) atoms. The molecule has 2 aromatic carbocycles.